The summed E-state index contributed by atoms with van der Waals surface area (Å²) in [5.41, 5.74) is 0.523. The van der Waals surface area contributed by atoms with E-state index in [0.717, 1.165) is 0 Å². The van der Waals surface area contributed by atoms with E-state index in [4.69, 9.17) is 0 Å². The van der Waals surface area contributed by atoms with Crippen LogP contribution < -0.4 is 0 Å². The maximum absolute atomic E-state index is 4.43. The second-order valence-corrected chi connectivity index (χ2v) is 1.17. The second-order valence-electron chi connectivity index (χ2n) is 1.17. The van der Waals surface area contributed by atoms with E-state index in [2.05, 4.69) is 29.8 Å². The van der Waals surface area contributed by atoms with Crippen LogP contribution in [0.15, 0.2) is 9.15 Å². The molecule has 0 saturated carbocycles. The van der Waals surface area contributed by atoms with Crippen LogP contribution in [0, 0.1) is 0 Å². The molecular formula is C2N4O2. The summed E-state index contributed by atoms with van der Waals surface area (Å²) in [6, 6.07) is 0. The van der Waals surface area contributed by atoms with Crippen molar-refractivity contribution in [3.63, 3.8) is 0 Å². The third-order valence-corrected chi connectivity index (χ3v) is 0.705. The molecule has 40 valence electrons. The lowest BCUT2D eigenvalue weighted by molar-refractivity contribution is 0.293. The van der Waals surface area contributed by atoms with Gasteiger partial charge in [-0.05, 0) is 10.3 Å². The molecule has 2 aromatic rings. The molecule has 6 heteroatoms. The fraction of sp³-hybridized carbons (Fsp3) is 0. The summed E-state index contributed by atoms with van der Waals surface area (Å²) < 4.78 is 8.64. The number of rotatable bonds is 0. The van der Waals surface area contributed by atoms with Crippen LogP contribution in [0.2, 0.25) is 0 Å². The van der Waals surface area contributed by atoms with Gasteiger partial charge in [0.25, 0.3) is 5.65 Å². The highest BCUT2D eigenvalue weighted by molar-refractivity contribution is 5.57. The molecule has 0 N–H and O–H groups in total. The first-order chi connectivity index (χ1) is 3.97. The van der Waals surface area contributed by atoms with Crippen LogP contribution in [-0.4, -0.2) is 20.7 Å². The molecule has 0 radical (unpaired) electrons. The highest BCUT2D eigenvalue weighted by Gasteiger charge is 2.03. The van der Waals surface area contributed by atoms with Gasteiger partial charge < -0.3 is 4.52 Å². The summed E-state index contributed by atoms with van der Waals surface area (Å²) in [6.07, 6.45) is 0. The van der Waals surface area contributed by atoms with Gasteiger partial charge in [-0.3, -0.25) is 0 Å². The van der Waals surface area contributed by atoms with Crippen LogP contribution in [0.4, 0.5) is 0 Å². The van der Waals surface area contributed by atoms with E-state index in [9.17, 15) is 0 Å². The van der Waals surface area contributed by atoms with E-state index in [1.54, 1.807) is 0 Å². The first-order valence-electron chi connectivity index (χ1n) is 1.87. The Hall–Kier alpha value is -1.46. The molecule has 0 aliphatic rings. The van der Waals surface area contributed by atoms with E-state index in [0.29, 0.717) is 5.65 Å². The molecule has 2 rings (SSSR count). The maximum Gasteiger partial charge on any atom is 0.338 e. The minimum absolute atomic E-state index is 0.227. The van der Waals surface area contributed by atoms with Crippen LogP contribution >= 0.6 is 0 Å². The van der Waals surface area contributed by atoms with Crippen LogP contribution in [-0.2, 0) is 0 Å². The van der Waals surface area contributed by atoms with Gasteiger partial charge in [0, 0.05) is 5.27 Å². The highest BCUT2D eigenvalue weighted by Crippen LogP contribution is 1.99. The smallest absolute Gasteiger partial charge is 0.311 e. The quantitative estimate of drug-likeness (QED) is 0.461. The van der Waals surface area contributed by atoms with Crippen molar-refractivity contribution in [3.8, 4) is 0 Å². The molecule has 6 nitrogen and oxygen atoms in total. The van der Waals surface area contributed by atoms with Crippen molar-refractivity contribution in [2.24, 2.45) is 0 Å². The average molecular weight is 112 g/mol. The summed E-state index contributed by atoms with van der Waals surface area (Å²) in [4.78, 5) is 0. The Balaban J connectivity index is 3.06. The number of fused-ring (bicyclic) bond motifs is 1. The number of nitrogens with zero attached hydrogens (tertiary/aromatic N) is 4. The zero-order valence-corrected chi connectivity index (χ0v) is 3.61. The van der Waals surface area contributed by atoms with E-state index in [1.807, 2.05) is 0 Å². The fourth-order valence-electron chi connectivity index (χ4n) is 0.392. The Morgan fingerprint density at radius 3 is 3.12 bits per heavy atom. The van der Waals surface area contributed by atoms with Crippen molar-refractivity contribution in [1.29, 1.82) is 0 Å². The number of hydrogen-bond donors (Lipinski definition) is 0. The molecule has 0 fully saturated rings. The lowest BCUT2D eigenvalue weighted by Crippen LogP contribution is -1.64. The van der Waals surface area contributed by atoms with Gasteiger partial charge in [-0.2, -0.15) is 0 Å². The summed E-state index contributed by atoms with van der Waals surface area (Å²) in [7, 11) is 0. The molecule has 0 bridgehead atoms. The van der Waals surface area contributed by atoms with Gasteiger partial charge in [0.2, 0.25) is 0 Å². The second kappa shape index (κ2) is 1.03. The van der Waals surface area contributed by atoms with E-state index < -0.39 is 0 Å². The van der Waals surface area contributed by atoms with Gasteiger partial charge in [0.15, 0.2) is 0 Å². The van der Waals surface area contributed by atoms with Crippen molar-refractivity contribution in [2.45, 2.75) is 0 Å². The van der Waals surface area contributed by atoms with Gasteiger partial charge in [-0.25, -0.2) is 4.63 Å². The van der Waals surface area contributed by atoms with Gasteiger partial charge in [0.1, 0.15) is 0 Å². The van der Waals surface area contributed by atoms with E-state index in [-0.39, 0.29) is 5.71 Å². The largest absolute Gasteiger partial charge is 0.338 e. The molecule has 0 spiro atoms. The summed E-state index contributed by atoms with van der Waals surface area (Å²) in [5.74, 6) is 0. The van der Waals surface area contributed by atoms with Gasteiger partial charge >= 0.3 is 5.71 Å². The Kier molecular flexibility index (Phi) is 0.454. The molecule has 8 heavy (non-hydrogen) atoms. The van der Waals surface area contributed by atoms with E-state index in [1.165, 1.54) is 0 Å². The number of aromatic nitrogens is 4. The van der Waals surface area contributed by atoms with Crippen molar-refractivity contribution < 1.29 is 9.15 Å². The third-order valence-electron chi connectivity index (χ3n) is 0.705. The zero-order chi connectivity index (χ0) is 5.40. The molecule has 0 atom stereocenters. The molecular weight excluding hydrogens is 112 g/mol. The Morgan fingerprint density at radius 2 is 2.25 bits per heavy atom. The van der Waals surface area contributed by atoms with Crippen LogP contribution in [0.1, 0.15) is 0 Å². The minimum atomic E-state index is 0.227. The number of hydrogen-bond acceptors (Lipinski definition) is 6. The predicted molar refractivity (Wildman–Crippen MR) is 19.7 cm³/mol. The van der Waals surface area contributed by atoms with Gasteiger partial charge in [-0.1, -0.05) is 5.10 Å². The van der Waals surface area contributed by atoms with Crippen LogP contribution in [0.25, 0.3) is 11.4 Å². The van der Waals surface area contributed by atoms with E-state index >= 15 is 0 Å². The molecule has 2 aromatic heterocycles. The standard InChI is InChI=1S/C2N4O2/c3-1-2(7-6-3)5-8-4-1. The Labute approximate surface area is 42.4 Å². The third kappa shape index (κ3) is 0.269. The lowest BCUT2D eigenvalue weighted by atomic mass is 10.8. The summed E-state index contributed by atoms with van der Waals surface area (Å²) >= 11 is 0. The molecule has 0 aliphatic heterocycles. The Morgan fingerprint density at radius 1 is 1.25 bits per heavy atom. The van der Waals surface area contributed by atoms with Crippen molar-refractivity contribution in [1.82, 2.24) is 20.7 Å². The first-order valence-corrected chi connectivity index (χ1v) is 1.87. The van der Waals surface area contributed by atoms with Gasteiger partial charge in [-0.15, -0.1) is 0 Å². The molecule has 0 unspecified atom stereocenters. The fourth-order valence-corrected chi connectivity index (χ4v) is 0.392. The van der Waals surface area contributed by atoms with Crippen molar-refractivity contribution in [3.05, 3.63) is 0 Å². The molecule has 0 aliphatic carbocycles. The molecule has 0 aromatic carbocycles. The lowest BCUT2D eigenvalue weighted by Gasteiger charge is -1.55. The van der Waals surface area contributed by atoms with Crippen molar-refractivity contribution in [2.75, 3.05) is 0 Å². The molecule has 0 amide bonds. The van der Waals surface area contributed by atoms with Crippen LogP contribution in [0.3, 0.4) is 0 Å². The molecule has 2 heterocycles. The summed E-state index contributed by atoms with van der Waals surface area (Å²) in [6.45, 7) is 0. The van der Waals surface area contributed by atoms with Crippen molar-refractivity contribution >= 4 is 11.4 Å². The predicted octanol–water partition coefficient (Wildman–Crippen LogP) is -0.394. The average Bonchev–Trinajstić information content (AvgIpc) is 2.15. The SMILES string of the molecule is n1nc2nonc2o1. The zero-order valence-electron chi connectivity index (χ0n) is 3.61. The normalized spacial score (nSPS) is 10.5. The van der Waals surface area contributed by atoms with Crippen LogP contribution in [0.5, 0.6) is 0 Å². The topological polar surface area (TPSA) is 77.8 Å². The highest BCUT2D eigenvalue weighted by atomic mass is 16.6. The minimum Gasteiger partial charge on any atom is -0.311 e. The summed E-state index contributed by atoms with van der Waals surface area (Å²) in [5, 5.41) is 13.2. The maximum atomic E-state index is 4.43. The Bertz CT molecular complexity index is 233. The molecule has 0 saturated heterocycles. The van der Waals surface area contributed by atoms with Gasteiger partial charge in [0.05, 0.1) is 0 Å². The first kappa shape index (κ1) is 3.53. The monoisotopic (exact) mass is 112 g/mol.